The van der Waals surface area contributed by atoms with Crippen molar-refractivity contribution >= 4 is 9.84 Å². The number of halogens is 4. The van der Waals surface area contributed by atoms with Gasteiger partial charge in [0, 0.05) is 5.56 Å². The molecule has 0 aromatic heterocycles. The summed E-state index contributed by atoms with van der Waals surface area (Å²) in [4.78, 5) is 0. The van der Waals surface area contributed by atoms with Crippen molar-refractivity contribution in [2.75, 3.05) is 0 Å². The Balaban J connectivity index is 2.99. The Bertz CT molecular complexity index is 473. The molecule has 1 aromatic rings. The van der Waals surface area contributed by atoms with Crippen LogP contribution in [0.15, 0.2) is 24.3 Å². The summed E-state index contributed by atoms with van der Waals surface area (Å²) in [5.41, 5.74) is -0.229. The van der Waals surface area contributed by atoms with Crippen molar-refractivity contribution in [1.82, 2.24) is 0 Å². The summed E-state index contributed by atoms with van der Waals surface area (Å²) in [7, 11) is -4.67. The molecular formula is C9H8F4O3S. The maximum Gasteiger partial charge on any atom is 0.387 e. The average Bonchev–Trinajstić information content (AvgIpc) is 2.19. The molecule has 1 rings (SSSR count). The number of para-hydroxylation sites is 1. The molecule has 0 heterocycles. The Morgan fingerprint density at radius 3 is 2.24 bits per heavy atom. The summed E-state index contributed by atoms with van der Waals surface area (Å²) in [5, 5.41) is 0. The highest BCUT2D eigenvalue weighted by atomic mass is 32.2. The van der Waals surface area contributed by atoms with Gasteiger partial charge in [-0.2, -0.15) is 17.6 Å². The quantitative estimate of drug-likeness (QED) is 0.773. The van der Waals surface area contributed by atoms with Gasteiger partial charge in [0.25, 0.3) is 0 Å². The van der Waals surface area contributed by atoms with Gasteiger partial charge < -0.3 is 4.74 Å². The SMILES string of the molecule is O=S(=O)(Cc1ccccc1OC(F)F)C(F)F. The van der Waals surface area contributed by atoms with Crippen LogP contribution < -0.4 is 4.74 Å². The molecule has 0 spiro atoms. The largest absolute Gasteiger partial charge is 0.435 e. The third-order valence-corrected chi connectivity index (χ3v) is 3.07. The molecule has 0 saturated heterocycles. The molecule has 0 N–H and O–H groups in total. The first-order valence-corrected chi connectivity index (χ1v) is 6.07. The van der Waals surface area contributed by atoms with Crippen LogP contribution in [0.25, 0.3) is 0 Å². The Morgan fingerprint density at radius 1 is 1.12 bits per heavy atom. The van der Waals surface area contributed by atoms with E-state index < -0.39 is 33.7 Å². The number of ether oxygens (including phenoxy) is 1. The van der Waals surface area contributed by atoms with E-state index in [-0.39, 0.29) is 5.56 Å². The highest BCUT2D eigenvalue weighted by Crippen LogP contribution is 2.24. The molecule has 0 radical (unpaired) electrons. The molecule has 0 fully saturated rings. The highest BCUT2D eigenvalue weighted by molar-refractivity contribution is 7.90. The molecule has 8 heteroatoms. The van der Waals surface area contributed by atoms with Crippen molar-refractivity contribution in [3.8, 4) is 5.75 Å². The monoisotopic (exact) mass is 272 g/mol. The molecule has 0 unspecified atom stereocenters. The van der Waals surface area contributed by atoms with Crippen molar-refractivity contribution in [2.24, 2.45) is 0 Å². The van der Waals surface area contributed by atoms with Gasteiger partial charge >= 0.3 is 12.4 Å². The molecule has 0 bridgehead atoms. The van der Waals surface area contributed by atoms with Gasteiger partial charge in [-0.3, -0.25) is 0 Å². The van der Waals surface area contributed by atoms with Gasteiger partial charge in [-0.05, 0) is 6.07 Å². The maximum atomic E-state index is 12.1. The zero-order valence-electron chi connectivity index (χ0n) is 8.32. The van der Waals surface area contributed by atoms with E-state index in [1.165, 1.54) is 12.1 Å². The predicted molar refractivity (Wildman–Crippen MR) is 51.7 cm³/mol. The minimum Gasteiger partial charge on any atom is -0.435 e. The fourth-order valence-corrected chi connectivity index (χ4v) is 1.91. The van der Waals surface area contributed by atoms with Crippen LogP contribution in [0.1, 0.15) is 5.56 Å². The van der Waals surface area contributed by atoms with Gasteiger partial charge in [0.05, 0.1) is 5.75 Å². The first-order valence-electron chi connectivity index (χ1n) is 4.35. The lowest BCUT2D eigenvalue weighted by atomic mass is 10.2. The summed E-state index contributed by atoms with van der Waals surface area (Å²) < 4.78 is 74.1. The molecule has 0 amide bonds. The first-order chi connectivity index (χ1) is 7.83. The lowest BCUT2D eigenvalue weighted by molar-refractivity contribution is -0.0503. The van der Waals surface area contributed by atoms with Gasteiger partial charge in [-0.15, -0.1) is 0 Å². The van der Waals surface area contributed by atoms with E-state index in [4.69, 9.17) is 0 Å². The standard InChI is InChI=1S/C9H8F4O3S/c10-8(11)16-7-4-2-1-3-6(7)5-17(14,15)9(12)13/h1-4,8-9H,5H2. The molecule has 0 aliphatic carbocycles. The minimum absolute atomic E-state index is 0.229. The number of benzene rings is 1. The van der Waals surface area contributed by atoms with Crippen molar-refractivity contribution in [1.29, 1.82) is 0 Å². The summed E-state index contributed by atoms with van der Waals surface area (Å²) >= 11 is 0. The lowest BCUT2D eigenvalue weighted by Gasteiger charge is -2.10. The number of rotatable bonds is 5. The lowest BCUT2D eigenvalue weighted by Crippen LogP contribution is -2.15. The van der Waals surface area contributed by atoms with Crippen molar-refractivity contribution in [3.63, 3.8) is 0 Å². The number of hydrogen-bond donors (Lipinski definition) is 0. The molecule has 0 aliphatic heterocycles. The Hall–Kier alpha value is -1.31. The molecule has 0 saturated carbocycles. The fourth-order valence-electron chi connectivity index (χ4n) is 1.11. The van der Waals surface area contributed by atoms with Crippen molar-refractivity contribution in [3.05, 3.63) is 29.8 Å². The highest BCUT2D eigenvalue weighted by Gasteiger charge is 2.26. The minimum atomic E-state index is -4.67. The van der Waals surface area contributed by atoms with Gasteiger partial charge in [0.15, 0.2) is 0 Å². The number of sulfone groups is 1. The summed E-state index contributed by atoms with van der Waals surface area (Å²) in [6, 6.07) is 4.89. The third-order valence-electron chi connectivity index (χ3n) is 1.82. The summed E-state index contributed by atoms with van der Waals surface area (Å²) in [6.45, 7) is -3.15. The third kappa shape index (κ3) is 3.88. The van der Waals surface area contributed by atoms with Gasteiger partial charge in [-0.1, -0.05) is 18.2 Å². The van der Waals surface area contributed by atoms with Crippen LogP contribution in [0.2, 0.25) is 0 Å². The zero-order chi connectivity index (χ0) is 13.1. The average molecular weight is 272 g/mol. The van der Waals surface area contributed by atoms with E-state index in [0.717, 1.165) is 12.1 Å². The number of alkyl halides is 4. The fraction of sp³-hybridized carbons (Fsp3) is 0.333. The van der Waals surface area contributed by atoms with Crippen LogP contribution in [0.3, 0.4) is 0 Å². The van der Waals surface area contributed by atoms with Gasteiger partial charge in [0.2, 0.25) is 9.84 Å². The van der Waals surface area contributed by atoms with Crippen LogP contribution in [0.5, 0.6) is 5.75 Å². The molecule has 1 aromatic carbocycles. The van der Waals surface area contributed by atoms with E-state index >= 15 is 0 Å². The molecule has 0 aliphatic rings. The second-order valence-corrected chi connectivity index (χ2v) is 5.02. The normalized spacial score (nSPS) is 12.1. The molecule has 17 heavy (non-hydrogen) atoms. The number of hydrogen-bond acceptors (Lipinski definition) is 3. The molecule has 0 atom stereocenters. The van der Waals surface area contributed by atoms with Crippen LogP contribution in [-0.2, 0) is 15.6 Å². The molecular weight excluding hydrogens is 264 g/mol. The van der Waals surface area contributed by atoms with E-state index in [0.29, 0.717) is 0 Å². The second kappa shape index (κ2) is 5.35. The van der Waals surface area contributed by atoms with Crippen LogP contribution in [0.4, 0.5) is 17.6 Å². The van der Waals surface area contributed by atoms with Crippen LogP contribution in [0, 0.1) is 0 Å². The van der Waals surface area contributed by atoms with E-state index in [2.05, 4.69) is 4.74 Å². The maximum absolute atomic E-state index is 12.1. The first kappa shape index (κ1) is 13.8. The van der Waals surface area contributed by atoms with E-state index in [1.54, 1.807) is 0 Å². The molecule has 96 valence electrons. The summed E-state index contributed by atoms with van der Waals surface area (Å²) in [5.74, 6) is -5.03. The van der Waals surface area contributed by atoms with E-state index in [9.17, 15) is 26.0 Å². The topological polar surface area (TPSA) is 43.4 Å². The van der Waals surface area contributed by atoms with Crippen molar-refractivity contribution < 1.29 is 30.7 Å². The molecule has 3 nitrogen and oxygen atoms in total. The smallest absolute Gasteiger partial charge is 0.387 e. The van der Waals surface area contributed by atoms with Gasteiger partial charge in [0.1, 0.15) is 5.75 Å². The van der Waals surface area contributed by atoms with E-state index in [1.807, 2.05) is 0 Å². The predicted octanol–water partition coefficient (Wildman–Crippen LogP) is 2.43. The van der Waals surface area contributed by atoms with Gasteiger partial charge in [-0.25, -0.2) is 8.42 Å². The summed E-state index contributed by atoms with van der Waals surface area (Å²) in [6.07, 6.45) is 0. The Morgan fingerprint density at radius 2 is 1.71 bits per heavy atom. The second-order valence-electron chi connectivity index (χ2n) is 3.05. The van der Waals surface area contributed by atoms with Crippen molar-refractivity contribution in [2.45, 2.75) is 18.1 Å². The van der Waals surface area contributed by atoms with Crippen LogP contribution >= 0.6 is 0 Å². The Kier molecular flexibility index (Phi) is 4.33. The van der Waals surface area contributed by atoms with Crippen LogP contribution in [-0.4, -0.2) is 20.8 Å². The zero-order valence-corrected chi connectivity index (χ0v) is 9.13. The Labute approximate surface area is 94.9 Å².